The number of hydrogen-bond acceptors (Lipinski definition) is 6. The van der Waals surface area contributed by atoms with Gasteiger partial charge in [-0.25, -0.2) is 4.79 Å². The topological polar surface area (TPSA) is 80.1 Å². The molecule has 6 nitrogen and oxygen atoms in total. The molecule has 1 aromatic carbocycles. The Morgan fingerprint density at radius 2 is 2.14 bits per heavy atom. The first kappa shape index (κ1) is 15.0. The van der Waals surface area contributed by atoms with Crippen molar-refractivity contribution < 1.29 is 14.3 Å². The molecule has 0 atom stereocenters. The molecule has 7 heteroatoms. The van der Waals surface area contributed by atoms with Crippen molar-refractivity contribution in [3.8, 4) is 0 Å². The van der Waals surface area contributed by atoms with E-state index in [2.05, 4.69) is 15.5 Å². The Morgan fingerprint density at radius 3 is 2.86 bits per heavy atom. The van der Waals surface area contributed by atoms with E-state index in [9.17, 15) is 9.59 Å². The van der Waals surface area contributed by atoms with Gasteiger partial charge < -0.3 is 4.74 Å². The number of ether oxygens (including phenoxy) is 1. The molecule has 1 amide bonds. The van der Waals surface area contributed by atoms with Crippen LogP contribution < -0.4 is 5.32 Å². The number of amidine groups is 1. The lowest BCUT2D eigenvalue weighted by Gasteiger charge is -1.95. The lowest BCUT2D eigenvalue weighted by Crippen LogP contribution is -2.19. The first-order valence-electron chi connectivity index (χ1n) is 6.22. The van der Waals surface area contributed by atoms with Crippen molar-refractivity contribution >= 4 is 35.0 Å². The van der Waals surface area contributed by atoms with E-state index in [0.29, 0.717) is 5.17 Å². The second kappa shape index (κ2) is 7.39. The number of amides is 1. The summed E-state index contributed by atoms with van der Waals surface area (Å²) in [5.74, 6) is -0.939. The lowest BCUT2D eigenvalue weighted by molar-refractivity contribution is -0.137. The number of thioether (sulfide) groups is 1. The number of nitrogens with zero attached hydrogens (tertiary/aromatic N) is 2. The highest BCUT2D eigenvalue weighted by atomic mass is 32.2. The van der Waals surface area contributed by atoms with Gasteiger partial charge in [0.2, 0.25) is 0 Å². The van der Waals surface area contributed by atoms with Crippen LogP contribution in [0, 0.1) is 0 Å². The molecule has 0 radical (unpaired) electrons. The monoisotopic (exact) mass is 303 g/mol. The van der Waals surface area contributed by atoms with E-state index in [1.807, 2.05) is 30.3 Å². The van der Waals surface area contributed by atoms with Crippen LogP contribution in [0.3, 0.4) is 0 Å². The minimum absolute atomic E-state index is 0.238. The predicted octanol–water partition coefficient (Wildman–Crippen LogP) is 1.69. The zero-order valence-electron chi connectivity index (χ0n) is 11.3. The largest absolute Gasteiger partial charge is 0.463 e. The van der Waals surface area contributed by atoms with Crippen LogP contribution in [-0.4, -0.2) is 29.9 Å². The molecule has 21 heavy (non-hydrogen) atoms. The average molecular weight is 303 g/mol. The molecule has 0 aliphatic carbocycles. The highest BCUT2D eigenvalue weighted by molar-refractivity contribution is 8.18. The van der Waals surface area contributed by atoms with Gasteiger partial charge in [0.05, 0.1) is 17.7 Å². The Bertz CT molecular complexity index is 624. The molecular weight excluding hydrogens is 290 g/mol. The lowest BCUT2D eigenvalue weighted by atomic mass is 10.2. The van der Waals surface area contributed by atoms with Crippen LogP contribution in [0.4, 0.5) is 0 Å². The smallest absolute Gasteiger partial charge is 0.332 e. The Balaban J connectivity index is 2.00. The van der Waals surface area contributed by atoms with Crippen molar-refractivity contribution in [3.63, 3.8) is 0 Å². The second-order valence-electron chi connectivity index (χ2n) is 3.88. The summed E-state index contributed by atoms with van der Waals surface area (Å²) in [6, 6.07) is 9.45. The summed E-state index contributed by atoms with van der Waals surface area (Å²) < 4.78 is 4.75. The summed E-state index contributed by atoms with van der Waals surface area (Å²) in [7, 11) is 0. The molecule has 0 spiro atoms. The van der Waals surface area contributed by atoms with Crippen LogP contribution >= 0.6 is 11.8 Å². The first-order chi connectivity index (χ1) is 10.2. The van der Waals surface area contributed by atoms with E-state index in [0.717, 1.165) is 23.4 Å². The second-order valence-corrected chi connectivity index (χ2v) is 4.91. The van der Waals surface area contributed by atoms with Gasteiger partial charge in [-0.05, 0) is 24.2 Å². The van der Waals surface area contributed by atoms with Crippen molar-refractivity contribution in [2.45, 2.75) is 6.92 Å². The van der Waals surface area contributed by atoms with Gasteiger partial charge in [-0.15, -0.1) is 5.10 Å². The van der Waals surface area contributed by atoms with Crippen LogP contribution in [0.1, 0.15) is 12.5 Å². The van der Waals surface area contributed by atoms with Gasteiger partial charge >= 0.3 is 5.97 Å². The number of nitrogens with one attached hydrogen (secondary N) is 1. The third-order valence-electron chi connectivity index (χ3n) is 2.34. The molecule has 1 fully saturated rings. The van der Waals surface area contributed by atoms with E-state index in [4.69, 9.17) is 4.74 Å². The van der Waals surface area contributed by atoms with E-state index in [1.165, 1.54) is 0 Å². The van der Waals surface area contributed by atoms with Crippen LogP contribution in [0.2, 0.25) is 0 Å². The molecule has 1 aliphatic heterocycles. The molecule has 2 rings (SSSR count). The SMILES string of the molecule is CCOC(=O)/C=C1/S/C(=N/N=C/c2ccccc2)NC1=O. The zero-order chi connectivity index (χ0) is 15.1. The molecule has 1 aliphatic rings. The fourth-order valence-corrected chi connectivity index (χ4v) is 2.19. The molecular formula is C14H13N3O3S. The van der Waals surface area contributed by atoms with E-state index in [1.54, 1.807) is 13.1 Å². The average Bonchev–Trinajstić information content (AvgIpc) is 2.80. The van der Waals surface area contributed by atoms with Crippen molar-refractivity contribution in [2.75, 3.05) is 6.61 Å². The number of esters is 1. The highest BCUT2D eigenvalue weighted by Gasteiger charge is 2.25. The third-order valence-corrected chi connectivity index (χ3v) is 3.24. The van der Waals surface area contributed by atoms with Crippen LogP contribution in [0.25, 0.3) is 0 Å². The number of carbonyl (C=O) groups is 2. The number of rotatable bonds is 4. The maximum Gasteiger partial charge on any atom is 0.332 e. The summed E-state index contributed by atoms with van der Waals surface area (Å²) in [6.45, 7) is 1.96. The number of carbonyl (C=O) groups excluding carboxylic acids is 2. The predicted molar refractivity (Wildman–Crippen MR) is 81.9 cm³/mol. The Labute approximate surface area is 126 Å². The summed E-state index contributed by atoms with van der Waals surface area (Å²) in [5, 5.41) is 10.6. The number of benzene rings is 1. The van der Waals surface area contributed by atoms with Gasteiger partial charge in [0.1, 0.15) is 0 Å². The Hall–Kier alpha value is -2.41. The van der Waals surface area contributed by atoms with Gasteiger partial charge in [0.25, 0.3) is 5.91 Å². The maximum atomic E-state index is 11.6. The van der Waals surface area contributed by atoms with Crippen molar-refractivity contribution in [1.82, 2.24) is 5.32 Å². The molecule has 1 N–H and O–H groups in total. The van der Waals surface area contributed by atoms with Crippen molar-refractivity contribution in [3.05, 3.63) is 46.9 Å². The minimum Gasteiger partial charge on any atom is -0.463 e. The highest BCUT2D eigenvalue weighted by Crippen LogP contribution is 2.23. The molecule has 1 saturated heterocycles. The zero-order valence-corrected chi connectivity index (χ0v) is 12.1. The molecule has 0 saturated carbocycles. The van der Waals surface area contributed by atoms with Gasteiger partial charge in [0, 0.05) is 6.08 Å². The van der Waals surface area contributed by atoms with Crippen molar-refractivity contribution in [1.29, 1.82) is 0 Å². The van der Waals surface area contributed by atoms with Crippen molar-refractivity contribution in [2.24, 2.45) is 10.2 Å². The standard InChI is InChI=1S/C14H13N3O3S/c1-2-20-12(18)8-11-13(19)16-14(21-11)17-15-9-10-6-4-3-5-7-10/h3-9H,2H2,1H3,(H,16,17,19)/b11-8+,15-9+. The summed E-state index contributed by atoms with van der Waals surface area (Å²) in [5.41, 5.74) is 0.901. The molecule has 0 aromatic heterocycles. The van der Waals surface area contributed by atoms with Gasteiger partial charge in [-0.2, -0.15) is 5.10 Å². The van der Waals surface area contributed by atoms with Crippen LogP contribution in [-0.2, 0) is 14.3 Å². The van der Waals surface area contributed by atoms with E-state index in [-0.39, 0.29) is 17.4 Å². The quantitative estimate of drug-likeness (QED) is 0.397. The molecule has 0 bridgehead atoms. The number of hydrogen-bond donors (Lipinski definition) is 1. The fraction of sp³-hybridized carbons (Fsp3) is 0.143. The van der Waals surface area contributed by atoms with Gasteiger partial charge in [0.15, 0.2) is 5.17 Å². The van der Waals surface area contributed by atoms with Crippen LogP contribution in [0.5, 0.6) is 0 Å². The maximum absolute atomic E-state index is 11.6. The molecule has 0 unspecified atom stereocenters. The summed E-state index contributed by atoms with van der Waals surface area (Å²) in [4.78, 5) is 23.1. The fourth-order valence-electron chi connectivity index (χ4n) is 1.45. The van der Waals surface area contributed by atoms with Crippen LogP contribution in [0.15, 0.2) is 51.5 Å². The molecule has 108 valence electrons. The summed E-state index contributed by atoms with van der Waals surface area (Å²) >= 11 is 1.04. The molecule has 1 aromatic rings. The Kier molecular flexibility index (Phi) is 5.28. The van der Waals surface area contributed by atoms with E-state index < -0.39 is 5.97 Å². The molecule has 1 heterocycles. The first-order valence-corrected chi connectivity index (χ1v) is 7.04. The normalized spacial score (nSPS) is 18.4. The van der Waals surface area contributed by atoms with Gasteiger partial charge in [-0.3, -0.25) is 10.1 Å². The third kappa shape index (κ3) is 4.57. The van der Waals surface area contributed by atoms with E-state index >= 15 is 0 Å². The Morgan fingerprint density at radius 1 is 1.38 bits per heavy atom. The van der Waals surface area contributed by atoms with Gasteiger partial charge in [-0.1, -0.05) is 30.3 Å². The summed E-state index contributed by atoms with van der Waals surface area (Å²) in [6.07, 6.45) is 2.72. The minimum atomic E-state index is -0.552.